The van der Waals surface area contributed by atoms with Crippen LogP contribution in [-0.2, 0) is 0 Å². The second-order valence-corrected chi connectivity index (χ2v) is 5.40. The highest BCUT2D eigenvalue weighted by Gasteiger charge is 2.11. The Morgan fingerprint density at radius 3 is 2.56 bits per heavy atom. The lowest BCUT2D eigenvalue weighted by Gasteiger charge is -2.11. The zero-order valence-electron chi connectivity index (χ0n) is 14.0. The van der Waals surface area contributed by atoms with Gasteiger partial charge in [-0.15, -0.1) is 0 Å². The highest BCUT2D eigenvalue weighted by Crippen LogP contribution is 2.25. The summed E-state index contributed by atoms with van der Waals surface area (Å²) >= 11 is 0. The number of hydrogen-bond acceptors (Lipinski definition) is 7. The van der Waals surface area contributed by atoms with Crippen LogP contribution < -0.4 is 15.4 Å². The Bertz CT molecular complexity index is 890. The van der Waals surface area contributed by atoms with E-state index in [2.05, 4.69) is 25.8 Å². The molecule has 0 bridgehead atoms. The summed E-state index contributed by atoms with van der Waals surface area (Å²) in [6, 6.07) is 7.26. The summed E-state index contributed by atoms with van der Waals surface area (Å²) in [7, 11) is 1.55. The van der Waals surface area contributed by atoms with Crippen LogP contribution in [0.2, 0.25) is 0 Å². The Hall–Kier alpha value is -3.42. The SMILES string of the molecule is COc1ccc(C)cc1NC(=O)c1cnc(Nc2cc(C)on2)nc1. The molecule has 2 N–H and O–H groups in total. The van der Waals surface area contributed by atoms with Gasteiger partial charge in [0.2, 0.25) is 5.95 Å². The maximum Gasteiger partial charge on any atom is 0.258 e. The van der Waals surface area contributed by atoms with E-state index in [1.54, 1.807) is 26.2 Å². The van der Waals surface area contributed by atoms with Crippen molar-refractivity contribution in [2.24, 2.45) is 0 Å². The first-order valence-electron chi connectivity index (χ1n) is 7.53. The Kier molecular flexibility index (Phi) is 4.60. The second-order valence-electron chi connectivity index (χ2n) is 5.40. The van der Waals surface area contributed by atoms with Gasteiger partial charge in [0.05, 0.1) is 18.4 Å². The molecule has 1 amide bonds. The molecule has 0 aliphatic carbocycles. The molecule has 0 spiro atoms. The first-order valence-corrected chi connectivity index (χ1v) is 7.53. The second kappa shape index (κ2) is 7.00. The predicted octanol–water partition coefficient (Wildman–Crippen LogP) is 3.09. The molecular formula is C17H17N5O3. The van der Waals surface area contributed by atoms with Gasteiger partial charge in [0.15, 0.2) is 5.82 Å². The third-order valence-electron chi connectivity index (χ3n) is 3.39. The first-order chi connectivity index (χ1) is 12.0. The number of benzene rings is 1. The van der Waals surface area contributed by atoms with Crippen molar-refractivity contribution in [3.8, 4) is 5.75 Å². The average Bonchev–Trinajstić information content (AvgIpc) is 3.00. The molecule has 0 unspecified atom stereocenters. The fraction of sp³-hybridized carbons (Fsp3) is 0.176. The molecule has 2 aromatic heterocycles. The van der Waals surface area contributed by atoms with Crippen LogP contribution in [0.1, 0.15) is 21.7 Å². The van der Waals surface area contributed by atoms with Crippen LogP contribution >= 0.6 is 0 Å². The number of rotatable bonds is 5. The largest absolute Gasteiger partial charge is 0.495 e. The van der Waals surface area contributed by atoms with Crippen molar-refractivity contribution in [1.29, 1.82) is 0 Å². The quantitative estimate of drug-likeness (QED) is 0.736. The van der Waals surface area contributed by atoms with E-state index in [4.69, 9.17) is 9.26 Å². The van der Waals surface area contributed by atoms with Gasteiger partial charge in [-0.3, -0.25) is 4.79 Å². The number of anilines is 3. The Labute approximate surface area is 144 Å². The molecule has 8 nitrogen and oxygen atoms in total. The number of amides is 1. The smallest absolute Gasteiger partial charge is 0.258 e. The zero-order chi connectivity index (χ0) is 17.8. The highest BCUT2D eigenvalue weighted by atomic mass is 16.5. The maximum atomic E-state index is 12.4. The number of aromatic nitrogens is 3. The summed E-state index contributed by atoms with van der Waals surface area (Å²) in [5.74, 6) is 1.75. The van der Waals surface area contributed by atoms with Gasteiger partial charge in [0.25, 0.3) is 5.91 Å². The van der Waals surface area contributed by atoms with Crippen LogP contribution in [0.25, 0.3) is 0 Å². The number of nitrogens with zero attached hydrogens (tertiary/aromatic N) is 3. The minimum atomic E-state index is -0.326. The topological polar surface area (TPSA) is 102 Å². The minimum Gasteiger partial charge on any atom is -0.495 e. The van der Waals surface area contributed by atoms with Gasteiger partial charge in [-0.25, -0.2) is 9.97 Å². The number of nitrogens with one attached hydrogen (secondary N) is 2. The van der Waals surface area contributed by atoms with E-state index in [-0.39, 0.29) is 5.91 Å². The van der Waals surface area contributed by atoms with E-state index in [1.807, 2.05) is 19.1 Å². The summed E-state index contributed by atoms with van der Waals surface area (Å²) in [5, 5.41) is 9.48. The third kappa shape index (κ3) is 3.92. The molecule has 1 aromatic carbocycles. The predicted molar refractivity (Wildman–Crippen MR) is 92.2 cm³/mol. The lowest BCUT2D eigenvalue weighted by molar-refractivity contribution is 0.102. The van der Waals surface area contributed by atoms with Gasteiger partial charge in [-0.05, 0) is 31.5 Å². The molecule has 0 atom stereocenters. The molecule has 3 aromatic rings. The standard InChI is InChI=1S/C17H17N5O3/c1-10-4-5-14(24-3)13(6-10)20-16(23)12-8-18-17(19-9-12)21-15-7-11(2)25-22-15/h4-9H,1-3H3,(H,20,23)(H,18,19,21,22). The van der Waals surface area contributed by atoms with E-state index in [9.17, 15) is 4.79 Å². The number of aryl methyl sites for hydroxylation is 2. The highest BCUT2D eigenvalue weighted by molar-refractivity contribution is 6.04. The fourth-order valence-electron chi connectivity index (χ4n) is 2.16. The fourth-order valence-corrected chi connectivity index (χ4v) is 2.16. The van der Waals surface area contributed by atoms with Crippen molar-refractivity contribution in [1.82, 2.24) is 15.1 Å². The molecule has 0 saturated heterocycles. The molecule has 2 heterocycles. The normalized spacial score (nSPS) is 10.4. The number of hydrogen-bond donors (Lipinski definition) is 2. The lowest BCUT2D eigenvalue weighted by atomic mass is 10.2. The molecule has 0 aliphatic rings. The van der Waals surface area contributed by atoms with E-state index >= 15 is 0 Å². The maximum absolute atomic E-state index is 12.4. The number of carbonyl (C=O) groups is 1. The van der Waals surface area contributed by atoms with Crippen LogP contribution in [0.4, 0.5) is 17.5 Å². The van der Waals surface area contributed by atoms with E-state index in [1.165, 1.54) is 12.4 Å². The van der Waals surface area contributed by atoms with E-state index < -0.39 is 0 Å². The molecule has 0 fully saturated rings. The molecule has 0 radical (unpaired) electrons. The molecule has 128 valence electrons. The van der Waals surface area contributed by atoms with Gasteiger partial charge < -0.3 is 19.9 Å². The van der Waals surface area contributed by atoms with Gasteiger partial charge in [-0.1, -0.05) is 11.2 Å². The van der Waals surface area contributed by atoms with Crippen molar-refractivity contribution >= 4 is 23.4 Å². The lowest BCUT2D eigenvalue weighted by Crippen LogP contribution is -2.14. The summed E-state index contributed by atoms with van der Waals surface area (Å²) in [5.41, 5.74) is 1.92. The number of methoxy groups -OCH3 is 1. The van der Waals surface area contributed by atoms with Crippen LogP contribution in [0, 0.1) is 13.8 Å². The molecule has 0 saturated carbocycles. The van der Waals surface area contributed by atoms with Gasteiger partial charge in [-0.2, -0.15) is 0 Å². The average molecular weight is 339 g/mol. The molecule has 0 aliphatic heterocycles. The molecule has 8 heteroatoms. The van der Waals surface area contributed by atoms with E-state index in [0.717, 1.165) is 5.56 Å². The third-order valence-corrected chi connectivity index (χ3v) is 3.39. The van der Waals surface area contributed by atoms with Gasteiger partial charge in [0, 0.05) is 18.5 Å². The summed E-state index contributed by atoms with van der Waals surface area (Å²) in [6.45, 7) is 3.72. The van der Waals surface area contributed by atoms with Crippen molar-refractivity contribution in [2.45, 2.75) is 13.8 Å². The number of carbonyl (C=O) groups excluding carboxylic acids is 1. The summed E-state index contributed by atoms with van der Waals surface area (Å²) < 4.78 is 10.2. The van der Waals surface area contributed by atoms with Crippen molar-refractivity contribution in [3.05, 3.63) is 53.5 Å². The Balaban J connectivity index is 1.71. The molecular weight excluding hydrogens is 322 g/mol. The minimum absolute atomic E-state index is 0.318. The van der Waals surface area contributed by atoms with Crippen LogP contribution in [-0.4, -0.2) is 28.1 Å². The Morgan fingerprint density at radius 1 is 1.16 bits per heavy atom. The number of ether oxygens (including phenoxy) is 1. The Morgan fingerprint density at radius 2 is 1.92 bits per heavy atom. The van der Waals surface area contributed by atoms with Crippen LogP contribution in [0.3, 0.4) is 0 Å². The molecule has 3 rings (SSSR count). The molecule has 25 heavy (non-hydrogen) atoms. The van der Waals surface area contributed by atoms with Crippen LogP contribution in [0.5, 0.6) is 5.75 Å². The summed E-state index contributed by atoms with van der Waals surface area (Å²) in [4.78, 5) is 20.6. The van der Waals surface area contributed by atoms with Gasteiger partial charge >= 0.3 is 0 Å². The van der Waals surface area contributed by atoms with Crippen molar-refractivity contribution in [2.75, 3.05) is 17.7 Å². The summed E-state index contributed by atoms with van der Waals surface area (Å²) in [6.07, 6.45) is 2.86. The monoisotopic (exact) mass is 339 g/mol. The first kappa shape index (κ1) is 16.4. The van der Waals surface area contributed by atoms with E-state index in [0.29, 0.717) is 34.5 Å². The van der Waals surface area contributed by atoms with Crippen molar-refractivity contribution in [3.63, 3.8) is 0 Å². The van der Waals surface area contributed by atoms with Crippen LogP contribution in [0.15, 0.2) is 41.2 Å². The van der Waals surface area contributed by atoms with Crippen molar-refractivity contribution < 1.29 is 14.1 Å². The van der Waals surface area contributed by atoms with Gasteiger partial charge in [0.1, 0.15) is 11.5 Å². The zero-order valence-corrected chi connectivity index (χ0v) is 14.0.